The molecule has 0 radical (unpaired) electrons. The van der Waals surface area contributed by atoms with Gasteiger partial charge in [-0.15, -0.1) is 0 Å². The van der Waals surface area contributed by atoms with E-state index >= 15 is 0 Å². The van der Waals surface area contributed by atoms with Crippen LogP contribution in [0.5, 0.6) is 11.5 Å². The van der Waals surface area contributed by atoms with Crippen molar-refractivity contribution in [2.75, 3.05) is 91.4 Å². The van der Waals surface area contributed by atoms with Crippen LogP contribution >= 0.6 is 0 Å². The quantitative estimate of drug-likeness (QED) is 0.350. The molecular formula is C34H48N4O6. The van der Waals surface area contributed by atoms with Crippen molar-refractivity contribution in [1.82, 2.24) is 14.8 Å². The SMILES string of the molecule is C=Cc1c(C)c(CN2CCOCCOCCN(Cc3cc(O)c4ncccc4c3C)CCOCCOCC2)cc(O)c1NC. The summed E-state index contributed by atoms with van der Waals surface area (Å²) >= 11 is 0. The van der Waals surface area contributed by atoms with E-state index in [1.165, 1.54) is 0 Å². The van der Waals surface area contributed by atoms with E-state index in [2.05, 4.69) is 40.5 Å². The zero-order valence-electron chi connectivity index (χ0n) is 26.4. The standard InChI is InChI=1S/C34H48N4O6/c1-5-29-25(2)27(21-31(39)33(29)35-4)23-37-9-13-41-17-19-43-15-11-38(12-16-44-20-18-42-14-10-37)24-28-22-32(40)34-30(26(28)3)7-6-8-36-34/h5-8,21-22,35,39-40H,1,9-20,23-24H2,2-4H3. The molecule has 10 heteroatoms. The molecule has 1 saturated heterocycles. The summed E-state index contributed by atoms with van der Waals surface area (Å²) in [4.78, 5) is 8.90. The lowest BCUT2D eigenvalue weighted by atomic mass is 9.98. The van der Waals surface area contributed by atoms with Crippen LogP contribution in [0.2, 0.25) is 0 Å². The molecule has 4 rings (SSSR count). The lowest BCUT2D eigenvalue weighted by Gasteiger charge is -2.25. The van der Waals surface area contributed by atoms with Crippen LogP contribution in [-0.4, -0.2) is 111 Å². The monoisotopic (exact) mass is 608 g/mol. The van der Waals surface area contributed by atoms with Crippen LogP contribution in [0, 0.1) is 13.8 Å². The number of aromatic nitrogens is 1. The number of aromatic hydroxyl groups is 2. The van der Waals surface area contributed by atoms with Gasteiger partial charge in [0.15, 0.2) is 0 Å². The first-order chi connectivity index (χ1) is 21.4. The third-order valence-electron chi connectivity index (χ3n) is 8.16. The molecule has 10 nitrogen and oxygen atoms in total. The maximum absolute atomic E-state index is 10.6. The Morgan fingerprint density at radius 2 is 1.30 bits per heavy atom. The Morgan fingerprint density at radius 3 is 1.80 bits per heavy atom. The van der Waals surface area contributed by atoms with Gasteiger partial charge in [-0.05, 0) is 54.3 Å². The van der Waals surface area contributed by atoms with Crippen LogP contribution in [0.1, 0.15) is 27.8 Å². The fraction of sp³-hybridized carbons (Fsp3) is 0.500. The number of fused-ring (bicyclic) bond motifs is 1. The second-order valence-electron chi connectivity index (χ2n) is 11.0. The molecule has 3 aromatic rings. The Bertz CT molecular complexity index is 1350. The number of hydrogen-bond donors (Lipinski definition) is 3. The van der Waals surface area contributed by atoms with E-state index in [1.807, 2.05) is 24.3 Å². The summed E-state index contributed by atoms with van der Waals surface area (Å²) in [5.74, 6) is 0.414. The van der Waals surface area contributed by atoms with Gasteiger partial charge in [-0.25, -0.2) is 0 Å². The minimum atomic E-state index is 0.199. The van der Waals surface area contributed by atoms with Gasteiger partial charge in [0.2, 0.25) is 0 Å². The molecule has 0 amide bonds. The highest BCUT2D eigenvalue weighted by atomic mass is 16.5. The van der Waals surface area contributed by atoms with Crippen molar-refractivity contribution in [3.8, 4) is 11.5 Å². The van der Waals surface area contributed by atoms with Crippen LogP contribution in [-0.2, 0) is 32.0 Å². The minimum absolute atomic E-state index is 0.199. The normalized spacial score (nSPS) is 17.6. The molecule has 2 aromatic carbocycles. The number of nitrogens with zero attached hydrogens (tertiary/aromatic N) is 3. The van der Waals surface area contributed by atoms with Gasteiger partial charge in [0.05, 0.1) is 58.5 Å². The maximum atomic E-state index is 10.6. The minimum Gasteiger partial charge on any atom is -0.506 e. The Kier molecular flexibility index (Phi) is 13.2. The van der Waals surface area contributed by atoms with Gasteiger partial charge in [0, 0.05) is 63.5 Å². The molecule has 2 heterocycles. The zero-order chi connectivity index (χ0) is 31.3. The van der Waals surface area contributed by atoms with Crippen LogP contribution in [0.25, 0.3) is 17.0 Å². The highest BCUT2D eigenvalue weighted by Gasteiger charge is 2.16. The van der Waals surface area contributed by atoms with E-state index in [4.69, 9.17) is 18.9 Å². The third-order valence-corrected chi connectivity index (χ3v) is 8.16. The number of ether oxygens (including phenoxy) is 4. The molecule has 44 heavy (non-hydrogen) atoms. The maximum Gasteiger partial charge on any atom is 0.142 e. The molecule has 1 aliphatic rings. The molecule has 1 aliphatic heterocycles. The van der Waals surface area contributed by atoms with Gasteiger partial charge in [-0.2, -0.15) is 0 Å². The first kappa shape index (κ1) is 33.6. The number of pyridine rings is 1. The molecule has 240 valence electrons. The Labute approximate surface area is 261 Å². The summed E-state index contributed by atoms with van der Waals surface area (Å²) in [6.45, 7) is 16.6. The molecule has 0 spiro atoms. The summed E-state index contributed by atoms with van der Waals surface area (Å²) in [7, 11) is 1.80. The topological polar surface area (TPSA) is 109 Å². The van der Waals surface area contributed by atoms with Crippen LogP contribution in [0.3, 0.4) is 0 Å². The van der Waals surface area contributed by atoms with Crippen molar-refractivity contribution in [2.24, 2.45) is 0 Å². The van der Waals surface area contributed by atoms with Crippen molar-refractivity contribution >= 4 is 22.7 Å². The number of hydrogen-bond acceptors (Lipinski definition) is 10. The summed E-state index contributed by atoms with van der Waals surface area (Å²) in [6.07, 6.45) is 3.48. The van der Waals surface area contributed by atoms with E-state index in [9.17, 15) is 10.2 Å². The Hall–Kier alpha value is -3.25. The first-order valence-electron chi connectivity index (χ1n) is 15.4. The number of nitrogens with one attached hydrogen (secondary N) is 1. The highest BCUT2D eigenvalue weighted by molar-refractivity contribution is 5.88. The average molecular weight is 609 g/mol. The number of benzene rings is 2. The summed E-state index contributed by atoms with van der Waals surface area (Å²) in [5, 5.41) is 25.2. The van der Waals surface area contributed by atoms with Gasteiger partial charge in [-0.3, -0.25) is 14.8 Å². The van der Waals surface area contributed by atoms with Gasteiger partial charge in [-0.1, -0.05) is 18.7 Å². The summed E-state index contributed by atoms with van der Waals surface area (Å²) < 4.78 is 23.7. The van der Waals surface area contributed by atoms with E-state index in [0.717, 1.165) is 59.4 Å². The molecule has 0 saturated carbocycles. The van der Waals surface area contributed by atoms with Crippen LogP contribution in [0.4, 0.5) is 5.69 Å². The molecule has 0 bridgehead atoms. The Balaban J connectivity index is 1.33. The van der Waals surface area contributed by atoms with Gasteiger partial charge >= 0.3 is 0 Å². The number of anilines is 1. The Morgan fingerprint density at radius 1 is 0.795 bits per heavy atom. The largest absolute Gasteiger partial charge is 0.506 e. The molecule has 0 atom stereocenters. The van der Waals surface area contributed by atoms with Crippen molar-refractivity contribution in [3.05, 3.63) is 64.9 Å². The number of aryl methyl sites for hydroxylation is 1. The lowest BCUT2D eigenvalue weighted by Crippen LogP contribution is -2.33. The summed E-state index contributed by atoms with van der Waals surface area (Å²) in [6, 6.07) is 7.54. The molecule has 0 unspecified atom stereocenters. The lowest BCUT2D eigenvalue weighted by molar-refractivity contribution is 0.00620. The van der Waals surface area contributed by atoms with E-state index in [1.54, 1.807) is 19.3 Å². The second kappa shape index (κ2) is 17.3. The van der Waals surface area contributed by atoms with E-state index < -0.39 is 0 Å². The van der Waals surface area contributed by atoms with E-state index in [0.29, 0.717) is 77.1 Å². The van der Waals surface area contributed by atoms with Crippen molar-refractivity contribution in [3.63, 3.8) is 0 Å². The molecule has 0 aliphatic carbocycles. The van der Waals surface area contributed by atoms with E-state index in [-0.39, 0.29) is 11.5 Å². The summed E-state index contributed by atoms with van der Waals surface area (Å²) in [5.41, 5.74) is 6.53. The number of phenolic OH excluding ortho intramolecular Hbond substituents is 2. The first-order valence-corrected chi connectivity index (χ1v) is 15.4. The van der Waals surface area contributed by atoms with Crippen molar-refractivity contribution in [2.45, 2.75) is 26.9 Å². The average Bonchev–Trinajstić information content (AvgIpc) is 3.02. The predicted molar refractivity (Wildman–Crippen MR) is 174 cm³/mol. The zero-order valence-corrected chi connectivity index (χ0v) is 26.4. The predicted octanol–water partition coefficient (Wildman–Crippen LogP) is 4.33. The smallest absolute Gasteiger partial charge is 0.142 e. The van der Waals surface area contributed by atoms with Crippen molar-refractivity contribution in [1.29, 1.82) is 0 Å². The van der Waals surface area contributed by atoms with Crippen molar-refractivity contribution < 1.29 is 29.2 Å². The molecule has 1 fully saturated rings. The number of phenols is 2. The van der Waals surface area contributed by atoms with Gasteiger partial charge < -0.3 is 34.5 Å². The fourth-order valence-electron chi connectivity index (χ4n) is 5.56. The molecule has 3 N–H and O–H groups in total. The van der Waals surface area contributed by atoms with Crippen LogP contribution < -0.4 is 5.32 Å². The number of rotatable bonds is 6. The molecule has 1 aromatic heterocycles. The van der Waals surface area contributed by atoms with Gasteiger partial charge in [0.1, 0.15) is 17.0 Å². The third kappa shape index (κ3) is 9.13. The van der Waals surface area contributed by atoms with Gasteiger partial charge in [0.25, 0.3) is 0 Å². The molecular weight excluding hydrogens is 560 g/mol. The fourth-order valence-corrected chi connectivity index (χ4v) is 5.56. The van der Waals surface area contributed by atoms with Crippen LogP contribution in [0.15, 0.2) is 37.0 Å². The second-order valence-corrected chi connectivity index (χ2v) is 11.0. The highest BCUT2D eigenvalue weighted by Crippen LogP contribution is 2.34.